The molecule has 3 amide bonds. The number of hydrogen-bond donors (Lipinski definition) is 0. The van der Waals surface area contributed by atoms with Crippen molar-refractivity contribution in [3.63, 3.8) is 0 Å². The predicted molar refractivity (Wildman–Crippen MR) is 137 cm³/mol. The van der Waals surface area contributed by atoms with E-state index in [4.69, 9.17) is 4.74 Å². The lowest BCUT2D eigenvalue weighted by molar-refractivity contribution is -0.132. The molecule has 2 aromatic carbocycles. The van der Waals surface area contributed by atoms with Crippen molar-refractivity contribution < 1.29 is 19.1 Å². The maximum Gasteiger partial charge on any atom is 0.254 e. The van der Waals surface area contributed by atoms with Gasteiger partial charge in [0, 0.05) is 24.9 Å². The summed E-state index contributed by atoms with van der Waals surface area (Å²) in [6, 6.07) is 15.3. The van der Waals surface area contributed by atoms with Crippen LogP contribution in [0.25, 0.3) is 0 Å². The molecule has 0 saturated carbocycles. The predicted octanol–water partition coefficient (Wildman–Crippen LogP) is 4.04. The third kappa shape index (κ3) is 7.39. The SMILES string of the molecule is CCCCCCc1ccc(C(=O)N(CCOC)CC(=O)N2CC(=O)N(c3cccc(C)c3)C2)cc1. The Kier molecular flexibility index (Phi) is 9.85. The summed E-state index contributed by atoms with van der Waals surface area (Å²) in [5, 5.41) is 0. The Labute approximate surface area is 208 Å². The fourth-order valence-electron chi connectivity index (χ4n) is 4.21. The van der Waals surface area contributed by atoms with Crippen LogP contribution in [0.4, 0.5) is 5.69 Å². The lowest BCUT2D eigenvalue weighted by atomic mass is 10.0. The molecule has 1 heterocycles. The number of carbonyl (C=O) groups is 3. The molecule has 0 N–H and O–H groups in total. The van der Waals surface area contributed by atoms with Gasteiger partial charge in [-0.25, -0.2) is 0 Å². The third-order valence-electron chi connectivity index (χ3n) is 6.30. The quantitative estimate of drug-likeness (QED) is 0.431. The number of methoxy groups -OCH3 is 1. The minimum absolute atomic E-state index is 0.00577. The minimum Gasteiger partial charge on any atom is -0.383 e. The van der Waals surface area contributed by atoms with Crippen LogP contribution in [0, 0.1) is 6.92 Å². The first-order valence-corrected chi connectivity index (χ1v) is 12.4. The summed E-state index contributed by atoms with van der Waals surface area (Å²) >= 11 is 0. The molecule has 1 fully saturated rings. The maximum absolute atomic E-state index is 13.2. The second kappa shape index (κ2) is 13.0. The fraction of sp³-hybridized carbons (Fsp3) is 0.464. The van der Waals surface area contributed by atoms with Crippen molar-refractivity contribution in [2.24, 2.45) is 0 Å². The molecular weight excluding hydrogens is 442 g/mol. The van der Waals surface area contributed by atoms with E-state index in [1.54, 1.807) is 12.0 Å². The van der Waals surface area contributed by atoms with E-state index < -0.39 is 0 Å². The molecule has 3 rings (SSSR count). The van der Waals surface area contributed by atoms with Gasteiger partial charge in [-0.15, -0.1) is 0 Å². The Morgan fingerprint density at radius 2 is 1.83 bits per heavy atom. The van der Waals surface area contributed by atoms with Crippen molar-refractivity contribution in [2.45, 2.75) is 46.0 Å². The minimum atomic E-state index is -0.259. The lowest BCUT2D eigenvalue weighted by Gasteiger charge is -2.25. The summed E-state index contributed by atoms with van der Waals surface area (Å²) in [7, 11) is 1.57. The van der Waals surface area contributed by atoms with Gasteiger partial charge in [0.15, 0.2) is 0 Å². The van der Waals surface area contributed by atoms with Crippen molar-refractivity contribution in [2.75, 3.05) is 44.9 Å². The first kappa shape index (κ1) is 26.4. The molecule has 0 spiro atoms. The summed E-state index contributed by atoms with van der Waals surface area (Å²) in [5.41, 5.74) is 3.57. The van der Waals surface area contributed by atoms with Crippen LogP contribution in [0.3, 0.4) is 0 Å². The largest absolute Gasteiger partial charge is 0.383 e. The third-order valence-corrected chi connectivity index (χ3v) is 6.30. The van der Waals surface area contributed by atoms with E-state index in [0.717, 1.165) is 24.1 Å². The highest BCUT2D eigenvalue weighted by atomic mass is 16.5. The first-order chi connectivity index (χ1) is 16.9. The number of nitrogens with zero attached hydrogens (tertiary/aromatic N) is 3. The highest BCUT2D eigenvalue weighted by molar-refractivity contribution is 6.01. The zero-order chi connectivity index (χ0) is 25.2. The van der Waals surface area contributed by atoms with Gasteiger partial charge < -0.3 is 14.5 Å². The van der Waals surface area contributed by atoms with E-state index in [9.17, 15) is 14.4 Å². The number of carbonyl (C=O) groups excluding carboxylic acids is 3. The van der Waals surface area contributed by atoms with E-state index >= 15 is 0 Å². The number of aryl methyl sites for hydroxylation is 2. The van der Waals surface area contributed by atoms with Crippen LogP contribution in [0.5, 0.6) is 0 Å². The summed E-state index contributed by atoms with van der Waals surface area (Å²) < 4.78 is 5.17. The lowest BCUT2D eigenvalue weighted by Crippen LogP contribution is -2.44. The van der Waals surface area contributed by atoms with Crippen molar-refractivity contribution in [3.05, 3.63) is 65.2 Å². The Bertz CT molecular complexity index is 1010. The molecule has 1 aliphatic heterocycles. The van der Waals surface area contributed by atoms with Gasteiger partial charge in [0.1, 0.15) is 19.8 Å². The normalized spacial score (nSPS) is 13.4. The molecule has 2 aromatic rings. The molecule has 0 bridgehead atoms. The van der Waals surface area contributed by atoms with Crippen molar-refractivity contribution in [3.8, 4) is 0 Å². The van der Waals surface area contributed by atoms with Gasteiger partial charge in [0.25, 0.3) is 5.91 Å². The van der Waals surface area contributed by atoms with Crippen molar-refractivity contribution in [1.29, 1.82) is 0 Å². The second-order valence-electron chi connectivity index (χ2n) is 9.12. The molecule has 0 aliphatic carbocycles. The fourth-order valence-corrected chi connectivity index (χ4v) is 4.21. The van der Waals surface area contributed by atoms with Crippen LogP contribution < -0.4 is 4.90 Å². The number of ether oxygens (including phenoxy) is 1. The smallest absolute Gasteiger partial charge is 0.254 e. The average molecular weight is 480 g/mol. The Morgan fingerprint density at radius 1 is 1.06 bits per heavy atom. The number of unbranched alkanes of at least 4 members (excludes halogenated alkanes) is 3. The standard InChI is InChI=1S/C28H37N3O4/c1-4-5-6-7-10-23-12-14-24(15-13-23)28(34)29(16-17-35-3)19-26(32)30-20-27(33)31(21-30)25-11-8-9-22(2)18-25/h8-9,11-15,18H,4-7,10,16-17,19-21H2,1-3H3. The van der Waals surface area contributed by atoms with Crippen LogP contribution in [-0.2, 0) is 20.7 Å². The first-order valence-electron chi connectivity index (χ1n) is 12.4. The van der Waals surface area contributed by atoms with E-state index in [-0.39, 0.29) is 37.5 Å². The van der Waals surface area contributed by atoms with Gasteiger partial charge in [-0.2, -0.15) is 0 Å². The van der Waals surface area contributed by atoms with Gasteiger partial charge in [0.05, 0.1) is 6.61 Å². The topological polar surface area (TPSA) is 70.2 Å². The average Bonchev–Trinajstić information content (AvgIpc) is 3.26. The molecule has 1 aliphatic rings. The van der Waals surface area contributed by atoms with Gasteiger partial charge in [0.2, 0.25) is 11.8 Å². The molecule has 0 atom stereocenters. The van der Waals surface area contributed by atoms with Crippen LogP contribution >= 0.6 is 0 Å². The molecule has 35 heavy (non-hydrogen) atoms. The van der Waals surface area contributed by atoms with Crippen molar-refractivity contribution in [1.82, 2.24) is 9.80 Å². The maximum atomic E-state index is 13.2. The second-order valence-corrected chi connectivity index (χ2v) is 9.12. The van der Waals surface area contributed by atoms with Gasteiger partial charge >= 0.3 is 0 Å². The zero-order valence-corrected chi connectivity index (χ0v) is 21.2. The van der Waals surface area contributed by atoms with E-state index in [1.807, 2.05) is 55.5 Å². The summed E-state index contributed by atoms with van der Waals surface area (Å²) in [5.74, 6) is -0.604. The summed E-state index contributed by atoms with van der Waals surface area (Å²) in [6.07, 6.45) is 5.80. The molecule has 0 aromatic heterocycles. The van der Waals surface area contributed by atoms with Gasteiger partial charge in [-0.1, -0.05) is 50.5 Å². The van der Waals surface area contributed by atoms with Gasteiger partial charge in [-0.05, 0) is 55.2 Å². The monoisotopic (exact) mass is 479 g/mol. The Balaban J connectivity index is 1.63. The highest BCUT2D eigenvalue weighted by Crippen LogP contribution is 2.21. The van der Waals surface area contributed by atoms with E-state index in [1.165, 1.54) is 34.6 Å². The highest BCUT2D eigenvalue weighted by Gasteiger charge is 2.33. The molecule has 7 nitrogen and oxygen atoms in total. The van der Waals surface area contributed by atoms with Gasteiger partial charge in [-0.3, -0.25) is 19.3 Å². The van der Waals surface area contributed by atoms with Crippen LogP contribution in [0.15, 0.2) is 48.5 Å². The molecule has 188 valence electrons. The van der Waals surface area contributed by atoms with E-state index in [0.29, 0.717) is 18.7 Å². The zero-order valence-electron chi connectivity index (χ0n) is 21.2. The summed E-state index contributed by atoms with van der Waals surface area (Å²) in [4.78, 5) is 43.5. The van der Waals surface area contributed by atoms with Crippen LogP contribution in [-0.4, -0.2) is 67.5 Å². The molecule has 7 heteroatoms. The molecular formula is C28H37N3O4. The molecule has 0 radical (unpaired) electrons. The number of anilines is 1. The molecule has 1 saturated heterocycles. The van der Waals surface area contributed by atoms with Crippen molar-refractivity contribution >= 4 is 23.4 Å². The Hall–Kier alpha value is -3.19. The Morgan fingerprint density at radius 3 is 2.51 bits per heavy atom. The van der Waals surface area contributed by atoms with Crippen LogP contribution in [0.1, 0.15) is 54.1 Å². The number of amides is 3. The number of hydrogen-bond acceptors (Lipinski definition) is 4. The molecule has 0 unspecified atom stereocenters. The van der Waals surface area contributed by atoms with Crippen LogP contribution in [0.2, 0.25) is 0 Å². The summed E-state index contributed by atoms with van der Waals surface area (Å²) in [6.45, 7) is 4.86. The number of benzene rings is 2. The van der Waals surface area contributed by atoms with E-state index in [2.05, 4.69) is 6.92 Å². The number of rotatable bonds is 12.